The first-order valence-corrected chi connectivity index (χ1v) is 32.6. The average Bonchev–Trinajstić information content (AvgIpc) is 3.47. The largest absolute Gasteiger partial charge is 0.462 e. The number of carbonyl (C=O) groups is 3. The Hall–Kier alpha value is -5.23. The van der Waals surface area contributed by atoms with Crippen LogP contribution in [0, 0.1) is 0 Å². The van der Waals surface area contributed by atoms with Crippen LogP contribution in [0.25, 0.3) is 0 Å². The van der Waals surface area contributed by atoms with Crippen LogP contribution in [-0.2, 0) is 28.6 Å². The fourth-order valence-corrected chi connectivity index (χ4v) is 8.41. The summed E-state index contributed by atoms with van der Waals surface area (Å²) in [6.45, 7) is 6.27. The second kappa shape index (κ2) is 67.3. The van der Waals surface area contributed by atoms with Crippen LogP contribution >= 0.6 is 0 Å². The SMILES string of the molecule is CC/C=C\C/C=C\C/C=C\C/C=C\C/C=C\C/C=C\C/C=C\CCCCCCCCCCCCCCCC(=O)OCC(COC(=O)CCCCCCC)OC(=O)CCC/C=C\C/C=C\C/C=C\C/C=C\C/C=C\C/C=C\C/C=C\CC. The normalized spacial score (nSPS) is 13.3. The molecule has 0 fully saturated rings. The highest BCUT2D eigenvalue weighted by Crippen LogP contribution is 2.15. The lowest BCUT2D eigenvalue weighted by atomic mass is 10.0. The smallest absolute Gasteiger partial charge is 0.306 e. The first kappa shape index (κ1) is 75.8. The molecule has 0 radical (unpaired) electrons. The predicted octanol–water partition coefficient (Wildman–Crippen LogP) is 22.7. The summed E-state index contributed by atoms with van der Waals surface area (Å²) in [5, 5.41) is 0. The second-order valence-corrected chi connectivity index (χ2v) is 20.9. The highest BCUT2D eigenvalue weighted by molar-refractivity contribution is 5.71. The quantitative estimate of drug-likeness (QED) is 0.0261. The Balaban J connectivity index is 4.11. The van der Waals surface area contributed by atoms with Crippen molar-refractivity contribution in [2.75, 3.05) is 13.2 Å². The Labute approximate surface area is 498 Å². The third-order valence-electron chi connectivity index (χ3n) is 13.2. The summed E-state index contributed by atoms with van der Waals surface area (Å²) < 4.78 is 16.7. The summed E-state index contributed by atoms with van der Waals surface area (Å²) in [6.07, 6.45) is 99.9. The van der Waals surface area contributed by atoms with Crippen LogP contribution in [0.2, 0.25) is 0 Å². The van der Waals surface area contributed by atoms with Gasteiger partial charge < -0.3 is 14.2 Å². The maximum Gasteiger partial charge on any atom is 0.306 e. The highest BCUT2D eigenvalue weighted by atomic mass is 16.6. The van der Waals surface area contributed by atoms with Gasteiger partial charge in [0.25, 0.3) is 0 Å². The molecule has 6 nitrogen and oxygen atoms in total. The molecule has 1 unspecified atom stereocenters. The number of unbranched alkanes of at least 4 members (excludes halogenated alkanes) is 18. The van der Waals surface area contributed by atoms with Gasteiger partial charge in [-0.2, -0.15) is 0 Å². The van der Waals surface area contributed by atoms with Gasteiger partial charge in [-0.15, -0.1) is 0 Å². The van der Waals surface area contributed by atoms with Crippen molar-refractivity contribution in [2.24, 2.45) is 0 Å². The molecule has 0 aliphatic carbocycles. The molecule has 0 saturated carbocycles. The molecule has 0 aromatic rings. The Kier molecular flexibility index (Phi) is 62.9. The monoisotopic (exact) mass is 1110 g/mol. The zero-order valence-corrected chi connectivity index (χ0v) is 52.0. The van der Waals surface area contributed by atoms with Crippen LogP contribution in [0.5, 0.6) is 0 Å². The minimum Gasteiger partial charge on any atom is -0.462 e. The summed E-state index contributed by atoms with van der Waals surface area (Å²) in [7, 11) is 0. The maximum atomic E-state index is 12.8. The standard InChI is InChI=1S/C75H118O6/c1-4-7-10-13-15-17-19-21-23-25-27-29-31-32-33-34-35-36-37-38-39-40-41-42-44-45-47-49-51-53-55-57-59-62-65-68-74(77)80-71-72(70-79-73(76)67-64-61-12-9-6-3)81-75(78)69-66-63-60-58-56-54-52-50-48-46-43-30-28-26-24-22-20-18-16-14-11-8-5-2/h7-8,10-11,15-18,21-24,27-30,32-33,35-36,38-39,46,48,52,54,58,60,72H,4-6,9,12-14,19-20,25-26,31,34,37,40-45,47,49-51,53,55-57,59,61-71H2,1-3H3/b10-7-,11-8-,17-15-,18-16-,23-21-,24-22-,29-27-,30-28-,33-32-,36-35-,39-38-,48-46-,54-52-,60-58-. The van der Waals surface area contributed by atoms with Crippen LogP contribution in [-0.4, -0.2) is 37.2 Å². The van der Waals surface area contributed by atoms with Gasteiger partial charge in [-0.3, -0.25) is 14.4 Å². The molecular formula is C75H118O6. The van der Waals surface area contributed by atoms with E-state index in [-0.39, 0.29) is 37.5 Å². The lowest BCUT2D eigenvalue weighted by Crippen LogP contribution is -2.30. The zero-order valence-electron chi connectivity index (χ0n) is 52.0. The third-order valence-corrected chi connectivity index (χ3v) is 13.2. The van der Waals surface area contributed by atoms with E-state index in [2.05, 4.69) is 191 Å². The van der Waals surface area contributed by atoms with Gasteiger partial charge in [0.1, 0.15) is 13.2 Å². The Morgan fingerprint density at radius 1 is 0.259 bits per heavy atom. The Bertz CT molecular complexity index is 1860. The van der Waals surface area contributed by atoms with Gasteiger partial charge in [-0.25, -0.2) is 0 Å². The Morgan fingerprint density at radius 2 is 0.494 bits per heavy atom. The lowest BCUT2D eigenvalue weighted by molar-refractivity contribution is -0.167. The lowest BCUT2D eigenvalue weighted by Gasteiger charge is -2.18. The summed E-state index contributed by atoms with van der Waals surface area (Å²) >= 11 is 0. The summed E-state index contributed by atoms with van der Waals surface area (Å²) in [6, 6.07) is 0. The second-order valence-electron chi connectivity index (χ2n) is 20.9. The van der Waals surface area contributed by atoms with Crippen molar-refractivity contribution in [1.29, 1.82) is 0 Å². The van der Waals surface area contributed by atoms with E-state index in [1.165, 1.54) is 70.6 Å². The van der Waals surface area contributed by atoms with Crippen LogP contribution < -0.4 is 0 Å². The van der Waals surface area contributed by atoms with Crippen molar-refractivity contribution < 1.29 is 28.6 Å². The first-order valence-electron chi connectivity index (χ1n) is 32.6. The van der Waals surface area contributed by atoms with Crippen molar-refractivity contribution in [1.82, 2.24) is 0 Å². The number of ether oxygens (including phenoxy) is 3. The molecular weight excluding hydrogens is 997 g/mol. The van der Waals surface area contributed by atoms with Crippen LogP contribution in [0.3, 0.4) is 0 Å². The summed E-state index contributed by atoms with van der Waals surface area (Å²) in [4.78, 5) is 37.9. The topological polar surface area (TPSA) is 78.9 Å². The molecule has 0 spiro atoms. The molecule has 0 bridgehead atoms. The fraction of sp³-hybridized carbons (Fsp3) is 0.587. The number of hydrogen-bond donors (Lipinski definition) is 0. The molecule has 0 aromatic heterocycles. The van der Waals surface area contributed by atoms with Gasteiger partial charge in [0.05, 0.1) is 0 Å². The average molecular weight is 1120 g/mol. The zero-order chi connectivity index (χ0) is 58.5. The molecule has 0 aromatic carbocycles. The van der Waals surface area contributed by atoms with E-state index in [4.69, 9.17) is 14.2 Å². The number of hydrogen-bond acceptors (Lipinski definition) is 6. The molecule has 1 atom stereocenters. The van der Waals surface area contributed by atoms with Crippen LogP contribution in [0.4, 0.5) is 0 Å². The number of carbonyl (C=O) groups excluding carboxylic acids is 3. The van der Waals surface area contributed by atoms with E-state index in [0.29, 0.717) is 19.3 Å². The van der Waals surface area contributed by atoms with Crippen LogP contribution in [0.15, 0.2) is 170 Å². The van der Waals surface area contributed by atoms with E-state index in [1.54, 1.807) is 0 Å². The van der Waals surface area contributed by atoms with E-state index in [9.17, 15) is 14.4 Å². The molecule has 0 N–H and O–H groups in total. The van der Waals surface area contributed by atoms with Crippen molar-refractivity contribution in [2.45, 2.75) is 271 Å². The third kappa shape index (κ3) is 65.5. The predicted molar refractivity (Wildman–Crippen MR) is 352 cm³/mol. The molecule has 6 heteroatoms. The van der Waals surface area contributed by atoms with Crippen molar-refractivity contribution >= 4 is 17.9 Å². The molecule has 81 heavy (non-hydrogen) atoms. The molecule has 0 heterocycles. The van der Waals surface area contributed by atoms with Crippen LogP contribution in [0.1, 0.15) is 265 Å². The Morgan fingerprint density at radius 3 is 0.790 bits per heavy atom. The van der Waals surface area contributed by atoms with E-state index < -0.39 is 6.10 Å². The van der Waals surface area contributed by atoms with Crippen molar-refractivity contribution in [3.05, 3.63) is 170 Å². The molecule has 0 aliphatic heterocycles. The van der Waals surface area contributed by atoms with E-state index in [0.717, 1.165) is 148 Å². The van der Waals surface area contributed by atoms with Crippen molar-refractivity contribution in [3.8, 4) is 0 Å². The minimum absolute atomic E-state index is 0.107. The van der Waals surface area contributed by atoms with Gasteiger partial charge >= 0.3 is 17.9 Å². The maximum absolute atomic E-state index is 12.8. The van der Waals surface area contributed by atoms with Gasteiger partial charge in [-0.05, 0) is 128 Å². The van der Waals surface area contributed by atoms with Gasteiger partial charge in [0.2, 0.25) is 0 Å². The fourth-order valence-electron chi connectivity index (χ4n) is 8.41. The number of esters is 3. The first-order chi connectivity index (χ1) is 40.0. The minimum atomic E-state index is -0.813. The van der Waals surface area contributed by atoms with Crippen molar-refractivity contribution in [3.63, 3.8) is 0 Å². The van der Waals surface area contributed by atoms with Gasteiger partial charge in [0, 0.05) is 19.3 Å². The van der Waals surface area contributed by atoms with Gasteiger partial charge in [-0.1, -0.05) is 287 Å². The summed E-state index contributed by atoms with van der Waals surface area (Å²) in [5.74, 6) is -0.988. The molecule has 0 aliphatic rings. The molecule has 0 saturated heterocycles. The van der Waals surface area contributed by atoms with E-state index in [1.807, 2.05) is 0 Å². The summed E-state index contributed by atoms with van der Waals surface area (Å²) in [5.41, 5.74) is 0. The van der Waals surface area contributed by atoms with Gasteiger partial charge in [0.15, 0.2) is 6.10 Å². The number of allylic oxidation sites excluding steroid dienone is 28. The molecule has 0 rings (SSSR count). The number of rotatable bonds is 57. The highest BCUT2D eigenvalue weighted by Gasteiger charge is 2.19. The van der Waals surface area contributed by atoms with E-state index >= 15 is 0 Å². The molecule has 0 amide bonds. The molecule has 454 valence electrons.